The Morgan fingerprint density at radius 3 is 2.61 bits per heavy atom. The number of aromatic nitrogens is 1. The third-order valence-electron chi connectivity index (χ3n) is 1.90. The summed E-state index contributed by atoms with van der Waals surface area (Å²) in [5.41, 5.74) is 0.321. The maximum Gasteiger partial charge on any atom is 0.273 e. The first-order valence-electron chi connectivity index (χ1n) is 4.48. The molecule has 0 atom stereocenters. The molecule has 1 aromatic heterocycles. The van der Waals surface area contributed by atoms with Crippen LogP contribution in [0.2, 0.25) is 9.49 Å². The summed E-state index contributed by atoms with van der Waals surface area (Å²) in [5.74, 6) is 0. The number of benzene rings is 1. The lowest BCUT2D eigenvalue weighted by Crippen LogP contribution is -2.11. The summed E-state index contributed by atoms with van der Waals surface area (Å²) in [5, 5.41) is 0.334. The van der Waals surface area contributed by atoms with Crippen LogP contribution in [0.25, 0.3) is 0 Å². The van der Waals surface area contributed by atoms with E-state index in [2.05, 4.69) is 32.3 Å². The average Bonchev–Trinajstić information content (AvgIpc) is 2.70. The summed E-state index contributed by atoms with van der Waals surface area (Å²) >= 11 is 14.5. The summed E-state index contributed by atoms with van der Waals surface area (Å²) in [6.45, 7) is 0. The molecule has 0 bridgehead atoms. The Hall–Kier alpha value is -0.0900. The zero-order chi connectivity index (χ0) is 13.3. The molecule has 1 aromatic carbocycles. The molecule has 0 amide bonds. The SMILES string of the molecule is O=S(=O)(Nc1ccc(I)cc1Cl)c1cnc(Cl)s1. The van der Waals surface area contributed by atoms with E-state index in [1.165, 1.54) is 6.20 Å². The third kappa shape index (κ3) is 3.27. The van der Waals surface area contributed by atoms with Gasteiger partial charge in [-0.2, -0.15) is 0 Å². The quantitative estimate of drug-likeness (QED) is 0.746. The number of sulfonamides is 1. The minimum absolute atomic E-state index is 0.0436. The van der Waals surface area contributed by atoms with Gasteiger partial charge in [-0.15, -0.1) is 0 Å². The van der Waals surface area contributed by atoms with Gasteiger partial charge in [-0.3, -0.25) is 4.72 Å². The normalized spacial score (nSPS) is 11.5. The van der Waals surface area contributed by atoms with Crippen molar-refractivity contribution < 1.29 is 8.42 Å². The van der Waals surface area contributed by atoms with Crippen molar-refractivity contribution in [2.24, 2.45) is 0 Å². The van der Waals surface area contributed by atoms with E-state index in [0.29, 0.717) is 10.7 Å². The molecule has 2 rings (SSSR count). The van der Waals surface area contributed by atoms with Gasteiger partial charge in [0, 0.05) is 3.57 Å². The zero-order valence-corrected chi connectivity index (χ0v) is 13.8. The van der Waals surface area contributed by atoms with E-state index in [9.17, 15) is 8.42 Å². The molecule has 2 aromatic rings. The van der Waals surface area contributed by atoms with Gasteiger partial charge in [-0.05, 0) is 40.8 Å². The summed E-state index contributed by atoms with van der Waals surface area (Å²) in [4.78, 5) is 3.69. The number of nitrogens with one attached hydrogen (secondary N) is 1. The van der Waals surface area contributed by atoms with Crippen molar-refractivity contribution in [3.8, 4) is 0 Å². The van der Waals surface area contributed by atoms with E-state index in [1.54, 1.807) is 18.2 Å². The van der Waals surface area contributed by atoms with Crippen LogP contribution in [-0.4, -0.2) is 13.4 Å². The molecule has 9 heteroatoms. The van der Waals surface area contributed by atoms with Crippen LogP contribution in [0.5, 0.6) is 0 Å². The Bertz CT molecular complexity index is 688. The number of thiazole rings is 1. The molecule has 4 nitrogen and oxygen atoms in total. The van der Waals surface area contributed by atoms with Crippen LogP contribution in [0.3, 0.4) is 0 Å². The highest BCUT2D eigenvalue weighted by molar-refractivity contribution is 14.1. The molecule has 0 unspecified atom stereocenters. The van der Waals surface area contributed by atoms with Gasteiger partial charge in [-0.1, -0.05) is 34.5 Å². The van der Waals surface area contributed by atoms with Crippen LogP contribution in [0.4, 0.5) is 5.69 Å². The monoisotopic (exact) mass is 434 g/mol. The van der Waals surface area contributed by atoms with Crippen LogP contribution >= 0.6 is 57.1 Å². The Morgan fingerprint density at radius 1 is 1.33 bits per heavy atom. The van der Waals surface area contributed by atoms with Crippen molar-refractivity contribution >= 4 is 72.8 Å². The maximum absolute atomic E-state index is 12.0. The predicted molar refractivity (Wildman–Crippen MR) is 82.1 cm³/mol. The molecule has 1 N–H and O–H groups in total. The fraction of sp³-hybridized carbons (Fsp3) is 0. The second-order valence-electron chi connectivity index (χ2n) is 3.16. The van der Waals surface area contributed by atoms with Gasteiger partial charge >= 0.3 is 0 Å². The minimum atomic E-state index is -3.69. The molecule has 0 radical (unpaired) electrons. The Balaban J connectivity index is 2.33. The van der Waals surface area contributed by atoms with Crippen molar-refractivity contribution in [2.45, 2.75) is 4.21 Å². The van der Waals surface area contributed by atoms with Crippen LogP contribution in [-0.2, 0) is 10.0 Å². The molecule has 0 aliphatic heterocycles. The van der Waals surface area contributed by atoms with E-state index in [1.807, 2.05) is 0 Å². The van der Waals surface area contributed by atoms with E-state index in [0.717, 1.165) is 14.9 Å². The van der Waals surface area contributed by atoms with Gasteiger partial charge in [0.1, 0.15) is 0 Å². The lowest BCUT2D eigenvalue weighted by atomic mass is 10.3. The van der Waals surface area contributed by atoms with Gasteiger partial charge < -0.3 is 0 Å². The first-order chi connectivity index (χ1) is 8.38. The highest BCUT2D eigenvalue weighted by Gasteiger charge is 2.18. The zero-order valence-electron chi connectivity index (χ0n) is 8.52. The highest BCUT2D eigenvalue weighted by Crippen LogP contribution is 2.28. The number of anilines is 1. The third-order valence-corrected chi connectivity index (χ3v) is 5.82. The van der Waals surface area contributed by atoms with Gasteiger partial charge in [0.05, 0.1) is 16.9 Å². The fourth-order valence-corrected chi connectivity index (χ4v) is 4.46. The van der Waals surface area contributed by atoms with Crippen molar-refractivity contribution in [3.63, 3.8) is 0 Å². The summed E-state index contributed by atoms with van der Waals surface area (Å²) in [7, 11) is -3.69. The van der Waals surface area contributed by atoms with Crippen molar-refractivity contribution in [1.82, 2.24) is 4.98 Å². The molecule has 1 heterocycles. The molecule has 0 saturated heterocycles. The van der Waals surface area contributed by atoms with Gasteiger partial charge in [-0.25, -0.2) is 13.4 Å². The Morgan fingerprint density at radius 2 is 2.06 bits per heavy atom. The molecular formula is C9H5Cl2IN2O2S2. The first-order valence-corrected chi connectivity index (χ1v) is 8.61. The lowest BCUT2D eigenvalue weighted by molar-refractivity contribution is 0.603. The van der Waals surface area contributed by atoms with E-state index < -0.39 is 10.0 Å². The number of halogens is 3. The van der Waals surface area contributed by atoms with Gasteiger partial charge in [0.25, 0.3) is 10.0 Å². The molecular weight excluding hydrogens is 430 g/mol. The lowest BCUT2D eigenvalue weighted by Gasteiger charge is -2.07. The number of nitrogens with zero attached hydrogens (tertiary/aromatic N) is 1. The molecule has 18 heavy (non-hydrogen) atoms. The Kier molecular flexibility index (Phi) is 4.37. The topological polar surface area (TPSA) is 59.1 Å². The smallest absolute Gasteiger partial charge is 0.273 e. The van der Waals surface area contributed by atoms with E-state index >= 15 is 0 Å². The largest absolute Gasteiger partial charge is 0.277 e. The van der Waals surface area contributed by atoms with E-state index in [4.69, 9.17) is 23.2 Å². The van der Waals surface area contributed by atoms with Crippen LogP contribution in [0, 0.1) is 3.57 Å². The molecule has 0 spiro atoms. The van der Waals surface area contributed by atoms with Crippen LogP contribution in [0.15, 0.2) is 28.6 Å². The van der Waals surface area contributed by atoms with Crippen LogP contribution in [0.1, 0.15) is 0 Å². The number of hydrogen-bond acceptors (Lipinski definition) is 4. The number of rotatable bonds is 3. The Labute approximate surface area is 132 Å². The highest BCUT2D eigenvalue weighted by atomic mass is 127. The molecule has 0 fully saturated rings. The average molecular weight is 435 g/mol. The molecule has 0 aliphatic rings. The minimum Gasteiger partial charge on any atom is -0.277 e. The second kappa shape index (κ2) is 5.49. The van der Waals surface area contributed by atoms with Gasteiger partial charge in [0.15, 0.2) is 8.68 Å². The van der Waals surface area contributed by atoms with Crippen molar-refractivity contribution in [3.05, 3.63) is 37.5 Å². The van der Waals surface area contributed by atoms with E-state index in [-0.39, 0.29) is 8.68 Å². The molecule has 0 saturated carbocycles. The molecule has 0 aliphatic carbocycles. The summed E-state index contributed by atoms with van der Waals surface area (Å²) in [6.07, 6.45) is 1.20. The maximum atomic E-state index is 12.0. The summed E-state index contributed by atoms with van der Waals surface area (Å²) < 4.78 is 27.5. The van der Waals surface area contributed by atoms with Gasteiger partial charge in [0.2, 0.25) is 0 Å². The fourth-order valence-electron chi connectivity index (χ4n) is 1.13. The van der Waals surface area contributed by atoms with Crippen LogP contribution < -0.4 is 4.72 Å². The molecule has 96 valence electrons. The first kappa shape index (κ1) is 14.3. The number of hydrogen-bond donors (Lipinski definition) is 1. The van der Waals surface area contributed by atoms with Crippen molar-refractivity contribution in [1.29, 1.82) is 0 Å². The predicted octanol–water partition coefficient (Wildman–Crippen LogP) is 3.86. The summed E-state index contributed by atoms with van der Waals surface area (Å²) in [6, 6.07) is 5.02. The van der Waals surface area contributed by atoms with Crippen molar-refractivity contribution in [2.75, 3.05) is 4.72 Å². The second-order valence-corrected chi connectivity index (χ2v) is 8.34. The standard InChI is InChI=1S/C9H5Cl2IN2O2S2/c10-6-3-5(12)1-2-7(6)14-18(15,16)8-4-13-9(11)17-8/h1-4,14H.